The zero-order chi connectivity index (χ0) is 29.2. The van der Waals surface area contributed by atoms with Crippen LogP contribution < -0.4 is 0 Å². The van der Waals surface area contributed by atoms with E-state index in [1.165, 1.54) is 69.2 Å². The summed E-state index contributed by atoms with van der Waals surface area (Å²) in [7, 11) is 0. The Morgan fingerprint density at radius 2 is 1.38 bits per heavy atom. The van der Waals surface area contributed by atoms with Gasteiger partial charge in [0.15, 0.2) is 5.78 Å². The molecule has 0 aromatic heterocycles. The van der Waals surface area contributed by atoms with E-state index in [1.54, 1.807) is 0 Å². The summed E-state index contributed by atoms with van der Waals surface area (Å²) in [6.45, 7) is 4.64. The maximum absolute atomic E-state index is 12.9. The van der Waals surface area contributed by atoms with Crippen LogP contribution in [-0.2, 0) is 10.4 Å². The van der Waals surface area contributed by atoms with Gasteiger partial charge in [-0.3, -0.25) is 9.59 Å². The van der Waals surface area contributed by atoms with Gasteiger partial charge in [-0.1, -0.05) is 82.0 Å². The average Bonchev–Trinajstić information content (AvgIpc) is 2.94. The highest BCUT2D eigenvalue weighted by atomic mass is 35.5. The molecule has 2 N–H and O–H groups in total. The first-order chi connectivity index (χ1) is 19.2. The van der Waals surface area contributed by atoms with Gasteiger partial charge >= 0.3 is 5.97 Å². The van der Waals surface area contributed by atoms with Gasteiger partial charge in [0.1, 0.15) is 5.82 Å². The van der Waals surface area contributed by atoms with E-state index in [-0.39, 0.29) is 11.6 Å². The lowest BCUT2D eigenvalue weighted by atomic mass is 9.84. The molecule has 0 atom stereocenters. The quantitative estimate of drug-likeness (QED) is 0.155. The molecule has 1 aliphatic rings. The molecule has 0 aliphatic carbocycles. The standard InChI is InChI=1S/C21H23ClFNO2.C12H24O2/c22-18-7-5-17(6-8-18)21(26)11-14-24(15-12-21)13-1-2-20(25)16-3-9-19(23)10-4-16;1-2-3-4-5-6-7-8-9-10-11-12(13)14/h3-10,26H,1-2,11-15H2;2-11H2,1H3,(H,13,14). The number of nitrogens with zero attached hydrogens (tertiary/aromatic N) is 1. The largest absolute Gasteiger partial charge is 0.481 e. The Balaban J connectivity index is 0.000000342. The van der Waals surface area contributed by atoms with Gasteiger partial charge in [0.25, 0.3) is 0 Å². The van der Waals surface area contributed by atoms with Crippen molar-refractivity contribution in [1.29, 1.82) is 0 Å². The number of hydrogen-bond donors (Lipinski definition) is 2. The van der Waals surface area contributed by atoms with Crippen molar-refractivity contribution in [1.82, 2.24) is 4.90 Å². The van der Waals surface area contributed by atoms with Crippen molar-refractivity contribution in [2.24, 2.45) is 0 Å². The molecule has 5 nitrogen and oxygen atoms in total. The number of carboxylic acids is 1. The normalized spacial score (nSPS) is 14.8. The van der Waals surface area contributed by atoms with Gasteiger partial charge in [0, 0.05) is 36.5 Å². The van der Waals surface area contributed by atoms with Crippen LogP contribution in [0.5, 0.6) is 0 Å². The third-order valence-electron chi connectivity index (χ3n) is 7.60. The highest BCUT2D eigenvalue weighted by Crippen LogP contribution is 2.33. The van der Waals surface area contributed by atoms with Crippen molar-refractivity contribution in [3.05, 3.63) is 70.5 Å². The second-order valence-electron chi connectivity index (χ2n) is 10.9. The number of aliphatic hydroxyl groups is 1. The number of ketones is 1. The van der Waals surface area contributed by atoms with Crippen molar-refractivity contribution in [3.63, 3.8) is 0 Å². The van der Waals surface area contributed by atoms with Crippen molar-refractivity contribution >= 4 is 23.4 Å². The Morgan fingerprint density at radius 3 is 1.93 bits per heavy atom. The van der Waals surface area contributed by atoms with Crippen LogP contribution in [-0.4, -0.2) is 46.5 Å². The molecule has 1 fully saturated rings. The summed E-state index contributed by atoms with van der Waals surface area (Å²) in [4.78, 5) is 24.6. The van der Waals surface area contributed by atoms with Crippen LogP contribution >= 0.6 is 11.6 Å². The van der Waals surface area contributed by atoms with E-state index in [1.807, 2.05) is 24.3 Å². The topological polar surface area (TPSA) is 77.8 Å². The Bertz CT molecular complexity index is 989. The fourth-order valence-corrected chi connectivity index (χ4v) is 5.15. The van der Waals surface area contributed by atoms with Crippen LogP contribution in [0.15, 0.2) is 48.5 Å². The monoisotopic (exact) mass is 575 g/mol. The van der Waals surface area contributed by atoms with Gasteiger partial charge in [-0.25, -0.2) is 4.39 Å². The zero-order valence-electron chi connectivity index (χ0n) is 24.1. The number of unbranched alkanes of at least 4 members (excludes halogenated alkanes) is 8. The zero-order valence-corrected chi connectivity index (χ0v) is 24.8. The van der Waals surface area contributed by atoms with Crippen LogP contribution in [0.2, 0.25) is 5.02 Å². The summed E-state index contributed by atoms with van der Waals surface area (Å²) >= 11 is 5.92. The number of carbonyl (C=O) groups excluding carboxylic acids is 1. The van der Waals surface area contributed by atoms with E-state index in [9.17, 15) is 19.1 Å². The molecule has 222 valence electrons. The third kappa shape index (κ3) is 13.4. The smallest absolute Gasteiger partial charge is 0.303 e. The lowest BCUT2D eigenvalue weighted by Crippen LogP contribution is -2.42. The summed E-state index contributed by atoms with van der Waals surface area (Å²) in [5, 5.41) is 20.0. The number of halogens is 2. The number of hydrogen-bond acceptors (Lipinski definition) is 4. The van der Waals surface area contributed by atoms with Gasteiger partial charge in [0.2, 0.25) is 0 Å². The van der Waals surface area contributed by atoms with Crippen molar-refractivity contribution in [2.75, 3.05) is 19.6 Å². The number of Topliss-reactive ketones (excluding diaryl/α,β-unsaturated/α-hetero) is 1. The number of carbonyl (C=O) groups is 2. The van der Waals surface area contributed by atoms with Crippen molar-refractivity contribution in [3.8, 4) is 0 Å². The molecular weight excluding hydrogens is 529 g/mol. The third-order valence-corrected chi connectivity index (χ3v) is 7.86. The van der Waals surface area contributed by atoms with Crippen LogP contribution in [0.3, 0.4) is 0 Å². The molecule has 0 unspecified atom stereocenters. The van der Waals surface area contributed by atoms with Crippen LogP contribution in [0.4, 0.5) is 4.39 Å². The lowest BCUT2D eigenvalue weighted by Gasteiger charge is -2.38. The van der Waals surface area contributed by atoms with E-state index >= 15 is 0 Å². The Morgan fingerprint density at radius 1 is 0.825 bits per heavy atom. The summed E-state index contributed by atoms with van der Waals surface area (Å²) < 4.78 is 12.9. The molecule has 2 aromatic carbocycles. The number of rotatable bonds is 16. The Hall–Kier alpha value is -2.28. The Labute approximate surface area is 244 Å². The molecule has 1 aliphatic heterocycles. The van der Waals surface area contributed by atoms with Crippen LogP contribution in [0.1, 0.15) is 113 Å². The first-order valence-corrected chi connectivity index (χ1v) is 15.3. The molecule has 0 spiro atoms. The molecule has 0 bridgehead atoms. The number of carboxylic acid groups (broad SMARTS) is 1. The van der Waals surface area contributed by atoms with Crippen LogP contribution in [0, 0.1) is 5.82 Å². The average molecular weight is 576 g/mol. The van der Waals surface area contributed by atoms with E-state index < -0.39 is 11.6 Å². The minimum atomic E-state index is -0.801. The number of aliphatic carboxylic acids is 1. The van der Waals surface area contributed by atoms with Crippen LogP contribution in [0.25, 0.3) is 0 Å². The van der Waals surface area contributed by atoms with Gasteiger partial charge in [-0.15, -0.1) is 0 Å². The number of likely N-dealkylation sites (tertiary alicyclic amines) is 1. The molecule has 2 aromatic rings. The first kappa shape index (κ1) is 33.9. The SMILES string of the molecule is CCCCCCCCCCCC(=O)O.O=C(CCCN1CCC(O)(c2ccc(Cl)cc2)CC1)c1ccc(F)cc1. The minimum Gasteiger partial charge on any atom is -0.481 e. The highest BCUT2D eigenvalue weighted by Gasteiger charge is 2.33. The molecule has 7 heteroatoms. The molecule has 0 radical (unpaired) electrons. The minimum absolute atomic E-state index is 0.0414. The number of piperidine rings is 1. The summed E-state index contributed by atoms with van der Waals surface area (Å²) in [5.41, 5.74) is 0.667. The molecule has 3 rings (SSSR count). The van der Waals surface area contributed by atoms with Gasteiger partial charge in [-0.05, 0) is 74.2 Å². The van der Waals surface area contributed by atoms with Gasteiger partial charge in [-0.2, -0.15) is 0 Å². The highest BCUT2D eigenvalue weighted by molar-refractivity contribution is 6.30. The summed E-state index contributed by atoms with van der Waals surface area (Å²) in [5.74, 6) is -0.948. The van der Waals surface area contributed by atoms with Crippen molar-refractivity contribution < 1.29 is 24.2 Å². The van der Waals surface area contributed by atoms with Gasteiger partial charge in [0.05, 0.1) is 5.60 Å². The first-order valence-electron chi connectivity index (χ1n) is 14.9. The van der Waals surface area contributed by atoms with Crippen molar-refractivity contribution in [2.45, 2.75) is 102 Å². The second kappa shape index (κ2) is 19.0. The predicted octanol–water partition coefficient (Wildman–Crippen LogP) is 8.42. The molecular formula is C33H47ClFNO4. The van der Waals surface area contributed by atoms with E-state index in [4.69, 9.17) is 16.7 Å². The molecule has 40 heavy (non-hydrogen) atoms. The van der Waals surface area contributed by atoms with E-state index in [0.29, 0.717) is 36.3 Å². The summed E-state index contributed by atoms with van der Waals surface area (Å²) in [6, 6.07) is 13.1. The Kier molecular flexibility index (Phi) is 16.1. The van der Waals surface area contributed by atoms with E-state index in [2.05, 4.69) is 11.8 Å². The number of benzene rings is 2. The molecule has 1 saturated heterocycles. The van der Waals surface area contributed by atoms with Gasteiger partial charge < -0.3 is 15.1 Å². The maximum atomic E-state index is 12.9. The fourth-order valence-electron chi connectivity index (χ4n) is 5.03. The maximum Gasteiger partial charge on any atom is 0.303 e. The fraction of sp³-hybridized carbons (Fsp3) is 0.576. The predicted molar refractivity (Wildman–Crippen MR) is 160 cm³/mol. The molecule has 0 amide bonds. The second-order valence-corrected chi connectivity index (χ2v) is 11.3. The molecule has 0 saturated carbocycles. The van der Waals surface area contributed by atoms with E-state index in [0.717, 1.165) is 44.5 Å². The molecule has 1 heterocycles. The lowest BCUT2D eigenvalue weighted by molar-refractivity contribution is -0.137. The summed E-state index contributed by atoms with van der Waals surface area (Å²) in [6.07, 6.45) is 14.0.